The number of H-pyrrole nitrogens is 1. The highest BCUT2D eigenvalue weighted by atomic mass is 16.2. The Morgan fingerprint density at radius 3 is 2.85 bits per heavy atom. The molecule has 0 atom stereocenters. The van der Waals surface area contributed by atoms with Crippen molar-refractivity contribution in [1.82, 2.24) is 10.2 Å². The van der Waals surface area contributed by atoms with Crippen LogP contribution in [0.5, 0.6) is 0 Å². The summed E-state index contributed by atoms with van der Waals surface area (Å²) in [6, 6.07) is 6.35. The van der Waals surface area contributed by atoms with E-state index in [9.17, 15) is 4.79 Å². The normalized spacial score (nSPS) is 13.7. The first-order valence-corrected chi connectivity index (χ1v) is 6.96. The molecule has 4 heteroatoms. The number of fused-ring (bicyclic) bond motifs is 1. The van der Waals surface area contributed by atoms with Gasteiger partial charge in [-0.05, 0) is 44.4 Å². The number of nitrogens with zero attached hydrogens (tertiary/aromatic N) is 2. The highest BCUT2D eigenvalue weighted by molar-refractivity contribution is 5.97. The minimum Gasteiger partial charge on any atom is -0.312 e. The van der Waals surface area contributed by atoms with Crippen molar-refractivity contribution in [1.29, 1.82) is 0 Å². The number of hydrogen-bond donors (Lipinski definition) is 1. The Balaban J connectivity index is 1.85. The summed E-state index contributed by atoms with van der Waals surface area (Å²) in [5.74, 6) is 0.155. The molecule has 1 aliphatic rings. The van der Waals surface area contributed by atoms with E-state index in [1.807, 2.05) is 18.7 Å². The van der Waals surface area contributed by atoms with Crippen LogP contribution in [0.2, 0.25) is 0 Å². The quantitative estimate of drug-likeness (QED) is 0.910. The summed E-state index contributed by atoms with van der Waals surface area (Å²) in [7, 11) is 0. The van der Waals surface area contributed by atoms with E-state index in [0.717, 1.165) is 35.6 Å². The molecule has 0 fully saturated rings. The molecule has 3 rings (SSSR count). The third kappa shape index (κ3) is 2.11. The van der Waals surface area contributed by atoms with Crippen LogP contribution >= 0.6 is 0 Å². The van der Waals surface area contributed by atoms with Crippen molar-refractivity contribution in [3.05, 3.63) is 46.3 Å². The Bertz CT molecular complexity index is 653. The minimum absolute atomic E-state index is 0.155. The van der Waals surface area contributed by atoms with E-state index in [-0.39, 0.29) is 5.91 Å². The molecular weight excluding hydrogens is 250 g/mol. The lowest BCUT2D eigenvalue weighted by Crippen LogP contribution is -2.30. The van der Waals surface area contributed by atoms with E-state index in [1.54, 1.807) is 0 Å². The van der Waals surface area contributed by atoms with Crippen molar-refractivity contribution in [2.45, 2.75) is 33.6 Å². The van der Waals surface area contributed by atoms with Gasteiger partial charge in [0.1, 0.15) is 0 Å². The summed E-state index contributed by atoms with van der Waals surface area (Å²) >= 11 is 0. The molecule has 0 bridgehead atoms. The second-order valence-corrected chi connectivity index (χ2v) is 5.52. The monoisotopic (exact) mass is 269 g/mol. The predicted molar refractivity (Wildman–Crippen MR) is 79.0 cm³/mol. The fourth-order valence-corrected chi connectivity index (χ4v) is 2.83. The maximum absolute atomic E-state index is 12.6. The average Bonchev–Trinajstić information content (AvgIpc) is 2.96. The standard InChI is InChI=1S/C16H19N3O/c1-10-4-5-13-6-7-19(15(13)8-10)16(20)9-14-11(2)17-18-12(14)3/h4-5,8H,6-7,9H2,1-3H3,(H,17,18). The van der Waals surface area contributed by atoms with Gasteiger partial charge >= 0.3 is 0 Å². The first kappa shape index (κ1) is 12.9. The molecule has 1 aliphatic heterocycles. The van der Waals surface area contributed by atoms with E-state index in [1.165, 1.54) is 11.1 Å². The van der Waals surface area contributed by atoms with Crippen LogP contribution in [0.3, 0.4) is 0 Å². The molecule has 0 saturated heterocycles. The third-order valence-electron chi connectivity index (χ3n) is 4.05. The zero-order valence-corrected chi connectivity index (χ0v) is 12.2. The van der Waals surface area contributed by atoms with Crippen molar-refractivity contribution in [3.8, 4) is 0 Å². The lowest BCUT2D eigenvalue weighted by molar-refractivity contribution is -0.117. The number of aromatic amines is 1. The summed E-state index contributed by atoms with van der Waals surface area (Å²) < 4.78 is 0. The number of amides is 1. The molecule has 1 aromatic heterocycles. The number of benzene rings is 1. The largest absolute Gasteiger partial charge is 0.312 e. The van der Waals surface area contributed by atoms with Crippen LogP contribution in [-0.4, -0.2) is 22.6 Å². The number of aryl methyl sites for hydroxylation is 3. The Morgan fingerprint density at radius 2 is 2.15 bits per heavy atom. The number of carbonyl (C=O) groups is 1. The SMILES string of the molecule is Cc1ccc2c(c1)N(C(=O)Cc1c(C)n[nH]c1C)CC2. The van der Waals surface area contributed by atoms with Gasteiger partial charge in [0.25, 0.3) is 0 Å². The van der Waals surface area contributed by atoms with Crippen LogP contribution in [-0.2, 0) is 17.6 Å². The summed E-state index contributed by atoms with van der Waals surface area (Å²) in [5.41, 5.74) is 6.47. The van der Waals surface area contributed by atoms with Gasteiger partial charge in [0.2, 0.25) is 5.91 Å². The first-order chi connectivity index (χ1) is 9.56. The molecule has 0 spiro atoms. The van der Waals surface area contributed by atoms with Gasteiger partial charge in [0.05, 0.1) is 12.1 Å². The van der Waals surface area contributed by atoms with Gasteiger partial charge in [-0.1, -0.05) is 12.1 Å². The molecule has 1 N–H and O–H groups in total. The zero-order valence-electron chi connectivity index (χ0n) is 12.2. The van der Waals surface area contributed by atoms with Crippen LogP contribution in [0.15, 0.2) is 18.2 Å². The van der Waals surface area contributed by atoms with Crippen LogP contribution in [0.25, 0.3) is 0 Å². The number of aromatic nitrogens is 2. The fourth-order valence-electron chi connectivity index (χ4n) is 2.83. The van der Waals surface area contributed by atoms with Gasteiger partial charge in [0, 0.05) is 23.5 Å². The van der Waals surface area contributed by atoms with Crippen LogP contribution in [0.4, 0.5) is 5.69 Å². The predicted octanol–water partition coefficient (Wildman–Crippen LogP) is 2.47. The number of carbonyl (C=O) groups excluding carboxylic acids is 1. The number of anilines is 1. The molecular formula is C16H19N3O. The molecule has 2 heterocycles. The number of nitrogens with one attached hydrogen (secondary N) is 1. The van der Waals surface area contributed by atoms with Crippen molar-refractivity contribution in [3.63, 3.8) is 0 Å². The van der Waals surface area contributed by atoms with Gasteiger partial charge in [-0.15, -0.1) is 0 Å². The molecule has 2 aromatic rings. The van der Waals surface area contributed by atoms with E-state index >= 15 is 0 Å². The van der Waals surface area contributed by atoms with Gasteiger partial charge in [0.15, 0.2) is 0 Å². The Kier molecular flexibility index (Phi) is 3.08. The zero-order chi connectivity index (χ0) is 14.3. The maximum Gasteiger partial charge on any atom is 0.231 e. The van der Waals surface area contributed by atoms with Crippen molar-refractivity contribution in [2.24, 2.45) is 0 Å². The smallest absolute Gasteiger partial charge is 0.231 e. The molecule has 20 heavy (non-hydrogen) atoms. The molecule has 104 valence electrons. The van der Waals surface area contributed by atoms with Crippen LogP contribution in [0.1, 0.15) is 28.1 Å². The van der Waals surface area contributed by atoms with Gasteiger partial charge < -0.3 is 4.90 Å². The number of hydrogen-bond acceptors (Lipinski definition) is 2. The molecule has 0 aliphatic carbocycles. The Labute approximate surface area is 118 Å². The first-order valence-electron chi connectivity index (χ1n) is 6.96. The fraction of sp³-hybridized carbons (Fsp3) is 0.375. The molecule has 0 saturated carbocycles. The highest BCUT2D eigenvalue weighted by Crippen LogP contribution is 2.29. The summed E-state index contributed by atoms with van der Waals surface area (Å²) in [6.45, 7) is 6.75. The van der Waals surface area contributed by atoms with Crippen molar-refractivity contribution in [2.75, 3.05) is 11.4 Å². The number of rotatable bonds is 2. The lowest BCUT2D eigenvalue weighted by Gasteiger charge is -2.18. The van der Waals surface area contributed by atoms with Gasteiger partial charge in [-0.25, -0.2) is 0 Å². The minimum atomic E-state index is 0.155. The van der Waals surface area contributed by atoms with Crippen LogP contribution < -0.4 is 4.90 Å². The Morgan fingerprint density at radius 1 is 1.35 bits per heavy atom. The Hall–Kier alpha value is -2.10. The lowest BCUT2D eigenvalue weighted by atomic mass is 10.1. The van der Waals surface area contributed by atoms with Crippen molar-refractivity contribution < 1.29 is 4.79 Å². The van der Waals surface area contributed by atoms with E-state index in [4.69, 9.17) is 0 Å². The molecule has 1 amide bonds. The molecule has 0 radical (unpaired) electrons. The maximum atomic E-state index is 12.6. The van der Waals surface area contributed by atoms with Crippen molar-refractivity contribution >= 4 is 11.6 Å². The molecule has 4 nitrogen and oxygen atoms in total. The second-order valence-electron chi connectivity index (χ2n) is 5.52. The van der Waals surface area contributed by atoms with E-state index in [0.29, 0.717) is 6.42 Å². The second kappa shape index (κ2) is 4.78. The highest BCUT2D eigenvalue weighted by Gasteiger charge is 2.25. The summed E-state index contributed by atoms with van der Waals surface area (Å²) in [6.07, 6.45) is 1.37. The van der Waals surface area contributed by atoms with E-state index < -0.39 is 0 Å². The summed E-state index contributed by atoms with van der Waals surface area (Å²) in [5, 5.41) is 7.10. The molecule has 1 aromatic carbocycles. The van der Waals surface area contributed by atoms with Gasteiger partial charge in [-0.2, -0.15) is 5.10 Å². The van der Waals surface area contributed by atoms with Gasteiger partial charge in [-0.3, -0.25) is 9.89 Å². The van der Waals surface area contributed by atoms with Crippen LogP contribution in [0, 0.1) is 20.8 Å². The summed E-state index contributed by atoms with van der Waals surface area (Å²) in [4.78, 5) is 14.5. The third-order valence-corrected chi connectivity index (χ3v) is 4.05. The topological polar surface area (TPSA) is 49.0 Å². The molecule has 0 unspecified atom stereocenters. The average molecular weight is 269 g/mol. The van der Waals surface area contributed by atoms with E-state index in [2.05, 4.69) is 35.3 Å².